The first-order valence-electron chi connectivity index (χ1n) is 8.94. The Morgan fingerprint density at radius 2 is 1.90 bits per heavy atom. The molecule has 1 saturated heterocycles. The highest BCUT2D eigenvalue weighted by molar-refractivity contribution is 8.18. The summed E-state index contributed by atoms with van der Waals surface area (Å²) in [6, 6.07) is 13.2. The summed E-state index contributed by atoms with van der Waals surface area (Å²) in [4.78, 5) is 39.4. The maximum absolute atomic E-state index is 12.3. The number of carboxylic acids is 1. The average Bonchev–Trinajstić information content (AvgIpc) is 3.06. The van der Waals surface area contributed by atoms with Gasteiger partial charge in [-0.15, -0.1) is 0 Å². The van der Waals surface area contributed by atoms with Crippen LogP contribution < -0.4 is 15.2 Å². The van der Waals surface area contributed by atoms with Crippen molar-refractivity contribution in [3.63, 3.8) is 0 Å². The van der Waals surface area contributed by atoms with E-state index in [9.17, 15) is 19.5 Å². The lowest BCUT2D eigenvalue weighted by atomic mass is 10.2. The fraction of sp³-hybridized carbons (Fsp3) is 0.143. The topological polar surface area (TPSA) is 117 Å². The standard InChI is InChI=1S/C21H18N2O6S/c1-2-28-20(27)13-7-9-15(10-8-13)22-21-23-19(26)17(30-21)11-14-5-3-4-6-16(14)29-12-18(24)25/h3-11H,2,12H2,1H3,(H,24,25)(H,22,23,26)/p-1/b17-11+. The zero-order valence-electron chi connectivity index (χ0n) is 15.9. The van der Waals surface area contributed by atoms with E-state index in [-0.39, 0.29) is 5.91 Å². The van der Waals surface area contributed by atoms with Gasteiger partial charge in [-0.05, 0) is 55.1 Å². The second kappa shape index (κ2) is 9.75. The number of ether oxygens (including phenoxy) is 2. The molecule has 154 valence electrons. The van der Waals surface area contributed by atoms with Gasteiger partial charge in [0.05, 0.1) is 28.7 Å². The van der Waals surface area contributed by atoms with Crippen molar-refractivity contribution in [2.45, 2.75) is 6.92 Å². The highest BCUT2D eigenvalue weighted by atomic mass is 32.2. The Hall–Kier alpha value is -3.59. The molecule has 1 aliphatic rings. The molecule has 0 saturated carbocycles. The lowest BCUT2D eigenvalue weighted by Gasteiger charge is -2.09. The fourth-order valence-corrected chi connectivity index (χ4v) is 3.33. The molecule has 30 heavy (non-hydrogen) atoms. The van der Waals surface area contributed by atoms with Gasteiger partial charge in [0.2, 0.25) is 0 Å². The molecule has 0 atom stereocenters. The van der Waals surface area contributed by atoms with E-state index in [4.69, 9.17) is 9.47 Å². The van der Waals surface area contributed by atoms with Gasteiger partial charge in [0.15, 0.2) is 5.17 Å². The second-order valence-electron chi connectivity index (χ2n) is 5.95. The molecule has 1 fully saturated rings. The first-order chi connectivity index (χ1) is 14.5. The largest absolute Gasteiger partial charge is 0.546 e. The number of hydrogen-bond acceptors (Lipinski definition) is 8. The van der Waals surface area contributed by atoms with Crippen molar-refractivity contribution in [3.05, 3.63) is 64.6 Å². The molecule has 2 aromatic carbocycles. The van der Waals surface area contributed by atoms with Crippen molar-refractivity contribution >= 4 is 46.5 Å². The highest BCUT2D eigenvalue weighted by Gasteiger charge is 2.24. The summed E-state index contributed by atoms with van der Waals surface area (Å²) in [5, 5.41) is 13.7. The third kappa shape index (κ3) is 5.48. The number of nitrogens with one attached hydrogen (secondary N) is 1. The fourth-order valence-electron chi connectivity index (χ4n) is 2.49. The van der Waals surface area contributed by atoms with Gasteiger partial charge in [-0.2, -0.15) is 0 Å². The van der Waals surface area contributed by atoms with Gasteiger partial charge in [-0.25, -0.2) is 9.79 Å². The van der Waals surface area contributed by atoms with Crippen molar-refractivity contribution in [1.82, 2.24) is 5.32 Å². The predicted octanol–water partition coefficient (Wildman–Crippen LogP) is 1.88. The van der Waals surface area contributed by atoms with E-state index in [0.29, 0.717) is 39.2 Å². The lowest BCUT2D eigenvalue weighted by Crippen LogP contribution is -2.29. The molecule has 0 aromatic heterocycles. The first kappa shape index (κ1) is 21.1. The predicted molar refractivity (Wildman–Crippen MR) is 110 cm³/mol. The monoisotopic (exact) mass is 425 g/mol. The Kier molecular flexibility index (Phi) is 6.87. The van der Waals surface area contributed by atoms with Gasteiger partial charge in [-0.3, -0.25) is 4.79 Å². The number of nitrogens with zero attached hydrogens (tertiary/aromatic N) is 1. The molecule has 0 radical (unpaired) electrons. The molecule has 0 spiro atoms. The van der Waals surface area contributed by atoms with Crippen LogP contribution in [0, 0.1) is 0 Å². The van der Waals surface area contributed by atoms with Crippen LogP contribution in [0.1, 0.15) is 22.8 Å². The maximum atomic E-state index is 12.3. The van der Waals surface area contributed by atoms with E-state index in [1.807, 2.05) is 0 Å². The van der Waals surface area contributed by atoms with Crippen LogP contribution in [0.3, 0.4) is 0 Å². The maximum Gasteiger partial charge on any atom is 0.338 e. The summed E-state index contributed by atoms with van der Waals surface area (Å²) in [7, 11) is 0. The molecule has 0 unspecified atom stereocenters. The molecule has 1 amide bonds. The highest BCUT2D eigenvalue weighted by Crippen LogP contribution is 2.30. The van der Waals surface area contributed by atoms with Crippen molar-refractivity contribution in [2.24, 2.45) is 4.99 Å². The Balaban J connectivity index is 1.75. The van der Waals surface area contributed by atoms with Crippen molar-refractivity contribution in [3.8, 4) is 5.75 Å². The minimum Gasteiger partial charge on any atom is -0.546 e. The van der Waals surface area contributed by atoms with Gasteiger partial charge < -0.3 is 24.7 Å². The first-order valence-corrected chi connectivity index (χ1v) is 9.76. The van der Waals surface area contributed by atoms with Gasteiger partial charge >= 0.3 is 5.97 Å². The van der Waals surface area contributed by atoms with E-state index >= 15 is 0 Å². The number of para-hydroxylation sites is 1. The molecule has 1 heterocycles. The number of rotatable bonds is 7. The van der Waals surface area contributed by atoms with Crippen molar-refractivity contribution in [1.29, 1.82) is 0 Å². The number of benzene rings is 2. The summed E-state index contributed by atoms with van der Waals surface area (Å²) >= 11 is 1.13. The number of aliphatic carboxylic acids is 1. The lowest BCUT2D eigenvalue weighted by molar-refractivity contribution is -0.307. The number of aliphatic imine (C=N–C) groups is 1. The summed E-state index contributed by atoms with van der Waals surface area (Å²) < 4.78 is 10.1. The summed E-state index contributed by atoms with van der Waals surface area (Å²) in [5.74, 6) is -1.77. The van der Waals surface area contributed by atoms with Crippen LogP contribution in [-0.2, 0) is 14.3 Å². The zero-order valence-corrected chi connectivity index (χ0v) is 16.7. The van der Waals surface area contributed by atoms with Crippen LogP contribution in [0.4, 0.5) is 5.69 Å². The van der Waals surface area contributed by atoms with Crippen LogP contribution in [0.5, 0.6) is 5.75 Å². The number of thioether (sulfide) groups is 1. The number of carbonyl (C=O) groups is 3. The van der Waals surface area contributed by atoms with Gasteiger partial charge in [0.25, 0.3) is 5.91 Å². The number of amidine groups is 1. The third-order valence-corrected chi connectivity index (χ3v) is 4.72. The van der Waals surface area contributed by atoms with Crippen LogP contribution in [0.15, 0.2) is 58.4 Å². The van der Waals surface area contributed by atoms with E-state index < -0.39 is 18.5 Å². The number of amides is 1. The normalized spacial score (nSPS) is 15.8. The van der Waals surface area contributed by atoms with Crippen molar-refractivity contribution in [2.75, 3.05) is 13.2 Å². The van der Waals surface area contributed by atoms with E-state index in [1.165, 1.54) is 0 Å². The summed E-state index contributed by atoms with van der Waals surface area (Å²) in [6.45, 7) is 1.44. The SMILES string of the molecule is CCOC(=O)c1ccc(N=C2NC(=O)/C(=C\c3ccccc3OCC(=O)[O-])S2)cc1. The Bertz CT molecular complexity index is 1030. The van der Waals surface area contributed by atoms with Crippen LogP contribution in [-0.4, -0.2) is 36.2 Å². The van der Waals surface area contributed by atoms with Crippen LogP contribution in [0.25, 0.3) is 6.08 Å². The van der Waals surface area contributed by atoms with E-state index in [2.05, 4.69) is 10.3 Å². The second-order valence-corrected chi connectivity index (χ2v) is 6.98. The van der Waals surface area contributed by atoms with Gasteiger partial charge in [0, 0.05) is 5.56 Å². The van der Waals surface area contributed by atoms with Gasteiger partial charge in [-0.1, -0.05) is 18.2 Å². The minimum absolute atomic E-state index is 0.294. The summed E-state index contributed by atoms with van der Waals surface area (Å²) in [5.41, 5.74) is 1.53. The summed E-state index contributed by atoms with van der Waals surface area (Å²) in [6.07, 6.45) is 1.59. The Morgan fingerprint density at radius 1 is 1.17 bits per heavy atom. The Morgan fingerprint density at radius 3 is 2.60 bits per heavy atom. The third-order valence-electron chi connectivity index (χ3n) is 3.81. The van der Waals surface area contributed by atoms with E-state index in [1.54, 1.807) is 61.5 Å². The molecule has 2 aromatic rings. The average molecular weight is 425 g/mol. The molecule has 8 nitrogen and oxygen atoms in total. The molecular weight excluding hydrogens is 408 g/mol. The van der Waals surface area contributed by atoms with Crippen LogP contribution >= 0.6 is 11.8 Å². The number of hydrogen-bond donors (Lipinski definition) is 1. The Labute approximate surface area is 176 Å². The molecule has 3 rings (SSSR count). The zero-order chi connectivity index (χ0) is 21.5. The van der Waals surface area contributed by atoms with Crippen LogP contribution in [0.2, 0.25) is 0 Å². The quantitative estimate of drug-likeness (QED) is 0.532. The van der Waals surface area contributed by atoms with Crippen molar-refractivity contribution < 1.29 is 29.0 Å². The van der Waals surface area contributed by atoms with E-state index in [0.717, 1.165) is 11.8 Å². The van der Waals surface area contributed by atoms with Gasteiger partial charge in [0.1, 0.15) is 12.4 Å². The smallest absolute Gasteiger partial charge is 0.338 e. The number of esters is 1. The molecular formula is C21H17N2O6S-. The molecule has 0 aliphatic carbocycles. The molecule has 9 heteroatoms. The number of carbonyl (C=O) groups excluding carboxylic acids is 3. The molecule has 0 bridgehead atoms. The number of carboxylic acid groups (broad SMARTS) is 1. The molecule has 1 N–H and O–H groups in total. The molecule has 1 aliphatic heterocycles. The minimum atomic E-state index is -1.34.